The molecule has 0 spiro atoms. The predicted molar refractivity (Wildman–Crippen MR) is 162 cm³/mol. The Hall–Kier alpha value is -4.16. The normalized spacial score (nSPS) is 12.5. The Bertz CT molecular complexity index is 1710. The van der Waals surface area contributed by atoms with Gasteiger partial charge in [-0.25, -0.2) is 18.6 Å². The number of fused-ring (bicyclic) bond motifs is 1. The van der Waals surface area contributed by atoms with Crippen LogP contribution in [0.4, 0.5) is 19.4 Å². The summed E-state index contributed by atoms with van der Waals surface area (Å²) in [5.41, 5.74) is 8.27. The molecule has 2 aromatic carbocycles. The zero-order valence-electron chi connectivity index (χ0n) is 24.7. The van der Waals surface area contributed by atoms with Crippen molar-refractivity contribution < 1.29 is 18.3 Å². The van der Waals surface area contributed by atoms with E-state index >= 15 is 0 Å². The smallest absolute Gasteiger partial charge is 0.408 e. The van der Waals surface area contributed by atoms with Crippen LogP contribution in [0.25, 0.3) is 22.0 Å². The van der Waals surface area contributed by atoms with E-state index in [1.165, 1.54) is 12.1 Å². The van der Waals surface area contributed by atoms with Gasteiger partial charge in [-0.15, -0.1) is 0 Å². The minimum absolute atomic E-state index is 0.00827. The van der Waals surface area contributed by atoms with Crippen molar-refractivity contribution in [3.05, 3.63) is 76.1 Å². The molecule has 0 saturated carbocycles. The SMILES string of the molecule is Cn1nc(N)c2c(Cl)ccc(-c3ccc(C#CC(C)(C)C)nc3[C@H](Cc3cc(F)cc(F)c3)NC(=O)OC(C)(C)C)c21. The predicted octanol–water partition coefficient (Wildman–Crippen LogP) is 7.36. The van der Waals surface area contributed by atoms with E-state index in [2.05, 4.69) is 22.3 Å². The number of nitrogens with zero attached hydrogens (tertiary/aromatic N) is 3. The van der Waals surface area contributed by atoms with Gasteiger partial charge in [-0.3, -0.25) is 4.68 Å². The number of nitrogen functional groups attached to an aromatic ring is 1. The van der Waals surface area contributed by atoms with E-state index in [1.54, 1.807) is 44.6 Å². The monoisotopic (exact) mass is 593 g/mol. The number of nitrogens with two attached hydrogens (primary N) is 1. The van der Waals surface area contributed by atoms with Gasteiger partial charge in [0, 0.05) is 29.7 Å². The number of carbonyl (C=O) groups is 1. The number of benzene rings is 2. The van der Waals surface area contributed by atoms with Crippen LogP contribution in [-0.2, 0) is 18.2 Å². The number of amides is 1. The number of hydrogen-bond donors (Lipinski definition) is 2. The van der Waals surface area contributed by atoms with Gasteiger partial charge in [-0.2, -0.15) is 5.10 Å². The first kappa shape index (κ1) is 30.8. The average molecular weight is 594 g/mol. The van der Waals surface area contributed by atoms with Crippen molar-refractivity contribution in [1.29, 1.82) is 0 Å². The molecule has 0 radical (unpaired) electrons. The van der Waals surface area contributed by atoms with Gasteiger partial charge in [0.05, 0.1) is 27.7 Å². The fourth-order valence-electron chi connectivity index (χ4n) is 4.55. The first-order chi connectivity index (χ1) is 19.5. The summed E-state index contributed by atoms with van der Waals surface area (Å²) in [6, 6.07) is 9.52. The molecule has 0 aliphatic heterocycles. The van der Waals surface area contributed by atoms with E-state index in [9.17, 15) is 13.6 Å². The highest BCUT2D eigenvalue weighted by Crippen LogP contribution is 2.39. The van der Waals surface area contributed by atoms with Crippen molar-refractivity contribution in [2.75, 3.05) is 5.73 Å². The second-order valence-electron chi connectivity index (χ2n) is 12.1. The van der Waals surface area contributed by atoms with Crippen LogP contribution in [0, 0.1) is 28.9 Å². The van der Waals surface area contributed by atoms with Crippen molar-refractivity contribution >= 4 is 34.4 Å². The third-order valence-corrected chi connectivity index (χ3v) is 6.44. The summed E-state index contributed by atoms with van der Waals surface area (Å²) in [4.78, 5) is 18.0. The van der Waals surface area contributed by atoms with E-state index in [0.717, 1.165) is 6.07 Å². The molecule has 0 bridgehead atoms. The molecule has 3 N–H and O–H groups in total. The molecule has 10 heteroatoms. The van der Waals surface area contributed by atoms with Crippen molar-refractivity contribution in [3.8, 4) is 23.0 Å². The maximum Gasteiger partial charge on any atom is 0.408 e. The molecule has 1 amide bonds. The Morgan fingerprint density at radius 2 is 1.71 bits per heavy atom. The van der Waals surface area contributed by atoms with Crippen molar-refractivity contribution in [2.24, 2.45) is 12.5 Å². The van der Waals surface area contributed by atoms with Gasteiger partial charge in [0.1, 0.15) is 22.9 Å². The third kappa shape index (κ3) is 7.37. The molecular formula is C32H34ClF2N5O2. The minimum atomic E-state index is -0.872. The number of carbonyl (C=O) groups excluding carboxylic acids is 1. The highest BCUT2D eigenvalue weighted by Gasteiger charge is 2.27. The second-order valence-corrected chi connectivity index (χ2v) is 12.5. The largest absolute Gasteiger partial charge is 0.444 e. The van der Waals surface area contributed by atoms with E-state index in [1.807, 2.05) is 32.9 Å². The number of anilines is 1. The number of aromatic nitrogens is 3. The van der Waals surface area contributed by atoms with Gasteiger partial charge in [-0.1, -0.05) is 23.6 Å². The lowest BCUT2D eigenvalue weighted by molar-refractivity contribution is 0.0502. The molecule has 1 atom stereocenters. The van der Waals surface area contributed by atoms with Crippen LogP contribution >= 0.6 is 11.6 Å². The Kier molecular flexibility index (Phi) is 8.51. The standard InChI is InChI=1S/C32H34ClF2N5O2/c1-31(2,3)13-12-21-8-9-22(23-10-11-24(33)26-28(23)40(7)39-29(26)36)27(37-21)25(38-30(41)42-32(4,5)6)16-18-14-19(34)17-20(35)15-18/h8-11,14-15,17,25H,16H2,1-7H3,(H2,36,39)(H,38,41)/t25-/m0/s1. The lowest BCUT2D eigenvalue weighted by Gasteiger charge is -2.25. The van der Waals surface area contributed by atoms with E-state index in [-0.39, 0.29) is 17.7 Å². The van der Waals surface area contributed by atoms with E-state index in [4.69, 9.17) is 27.1 Å². The first-order valence-corrected chi connectivity index (χ1v) is 13.8. The van der Waals surface area contributed by atoms with Crippen LogP contribution in [0.15, 0.2) is 42.5 Å². The van der Waals surface area contributed by atoms with Crippen molar-refractivity contribution in [1.82, 2.24) is 20.1 Å². The van der Waals surface area contributed by atoms with E-state index in [0.29, 0.717) is 44.0 Å². The Morgan fingerprint density at radius 3 is 2.33 bits per heavy atom. The fraction of sp³-hybridized carbons (Fsp3) is 0.344. The number of aryl methyl sites for hydroxylation is 1. The number of ether oxygens (including phenoxy) is 1. The highest BCUT2D eigenvalue weighted by atomic mass is 35.5. The summed E-state index contributed by atoms with van der Waals surface area (Å²) in [5.74, 6) is 5.09. The summed E-state index contributed by atoms with van der Waals surface area (Å²) < 4.78 is 35.6. The number of halogens is 3. The van der Waals surface area contributed by atoms with Crippen LogP contribution in [0.1, 0.15) is 64.5 Å². The quantitative estimate of drug-likeness (QED) is 0.236. The lowest BCUT2D eigenvalue weighted by atomic mass is 9.93. The van der Waals surface area contributed by atoms with Gasteiger partial charge in [-0.05, 0) is 89.8 Å². The number of hydrogen-bond acceptors (Lipinski definition) is 5. The molecule has 0 saturated heterocycles. The summed E-state index contributed by atoms with van der Waals surface area (Å²) in [5, 5.41) is 8.24. The summed E-state index contributed by atoms with van der Waals surface area (Å²) in [6.07, 6.45) is -0.705. The number of rotatable bonds is 5. The molecule has 42 heavy (non-hydrogen) atoms. The third-order valence-electron chi connectivity index (χ3n) is 6.13. The summed E-state index contributed by atoms with van der Waals surface area (Å²) >= 11 is 6.50. The topological polar surface area (TPSA) is 95.1 Å². The maximum atomic E-state index is 14.2. The molecule has 0 aliphatic rings. The molecule has 0 fully saturated rings. The highest BCUT2D eigenvalue weighted by molar-refractivity contribution is 6.37. The molecule has 4 aromatic rings. The zero-order valence-corrected chi connectivity index (χ0v) is 25.5. The summed E-state index contributed by atoms with van der Waals surface area (Å²) in [6.45, 7) is 11.2. The molecule has 4 rings (SSSR count). The molecule has 0 aliphatic carbocycles. The van der Waals surface area contributed by atoms with Crippen molar-refractivity contribution in [3.63, 3.8) is 0 Å². The molecule has 0 unspecified atom stereocenters. The molecular weight excluding hydrogens is 560 g/mol. The van der Waals surface area contributed by atoms with Crippen LogP contribution in [0.2, 0.25) is 5.02 Å². The van der Waals surface area contributed by atoms with Crippen LogP contribution in [0.5, 0.6) is 0 Å². The Morgan fingerprint density at radius 1 is 1.07 bits per heavy atom. The number of alkyl carbamates (subject to hydrolysis) is 1. The van der Waals surface area contributed by atoms with Gasteiger partial charge in [0.15, 0.2) is 5.82 Å². The maximum absolute atomic E-state index is 14.2. The number of pyridine rings is 1. The van der Waals surface area contributed by atoms with Crippen molar-refractivity contribution in [2.45, 2.75) is 59.6 Å². The van der Waals surface area contributed by atoms with Gasteiger partial charge in [0.25, 0.3) is 0 Å². The first-order valence-electron chi connectivity index (χ1n) is 13.4. The Balaban J connectivity index is 1.98. The van der Waals surface area contributed by atoms with Gasteiger partial charge in [0.2, 0.25) is 0 Å². The van der Waals surface area contributed by atoms with Crippen LogP contribution < -0.4 is 11.1 Å². The lowest BCUT2D eigenvalue weighted by Crippen LogP contribution is -2.36. The van der Waals surface area contributed by atoms with Crippen LogP contribution in [0.3, 0.4) is 0 Å². The molecule has 220 valence electrons. The van der Waals surface area contributed by atoms with Crippen LogP contribution in [-0.4, -0.2) is 26.5 Å². The summed E-state index contributed by atoms with van der Waals surface area (Å²) in [7, 11) is 1.75. The van der Waals surface area contributed by atoms with E-state index < -0.39 is 29.4 Å². The zero-order chi connectivity index (χ0) is 31.0. The Labute approximate surface area is 249 Å². The van der Waals surface area contributed by atoms with Gasteiger partial charge < -0.3 is 15.8 Å². The molecule has 2 heterocycles. The average Bonchev–Trinajstić information content (AvgIpc) is 3.15. The number of nitrogens with one attached hydrogen (secondary N) is 1. The van der Waals surface area contributed by atoms with Gasteiger partial charge >= 0.3 is 6.09 Å². The fourth-order valence-corrected chi connectivity index (χ4v) is 4.79. The minimum Gasteiger partial charge on any atom is -0.444 e. The second kappa shape index (κ2) is 11.6. The molecule has 2 aromatic heterocycles. The molecule has 7 nitrogen and oxygen atoms in total.